The number of hydrogen-bond donors (Lipinski definition) is 3. The van der Waals surface area contributed by atoms with Gasteiger partial charge in [-0.25, -0.2) is 4.79 Å². The van der Waals surface area contributed by atoms with Crippen LogP contribution in [0.3, 0.4) is 0 Å². The third-order valence-corrected chi connectivity index (χ3v) is 5.52. The van der Waals surface area contributed by atoms with Crippen molar-refractivity contribution >= 4 is 46.4 Å². The fourth-order valence-electron chi connectivity index (χ4n) is 3.23. The molecule has 2 amide bonds. The first kappa shape index (κ1) is 23.6. The van der Waals surface area contributed by atoms with E-state index in [4.69, 9.17) is 4.74 Å². The average Bonchev–Trinajstić information content (AvgIpc) is 2.81. The van der Waals surface area contributed by atoms with Crippen molar-refractivity contribution in [2.75, 3.05) is 47.2 Å². The van der Waals surface area contributed by atoms with Gasteiger partial charge in [-0.05, 0) is 60.3 Å². The van der Waals surface area contributed by atoms with E-state index in [-0.39, 0.29) is 16.7 Å². The van der Waals surface area contributed by atoms with Crippen molar-refractivity contribution in [3.63, 3.8) is 0 Å². The van der Waals surface area contributed by atoms with Gasteiger partial charge in [0.2, 0.25) is 0 Å². The van der Waals surface area contributed by atoms with Gasteiger partial charge in [-0.15, -0.1) is 5.10 Å². The molecule has 0 saturated carbocycles. The summed E-state index contributed by atoms with van der Waals surface area (Å²) in [4.78, 5) is 14.4. The lowest BCUT2D eigenvalue weighted by Crippen LogP contribution is -2.36. The molecule has 0 spiro atoms. The predicted molar refractivity (Wildman–Crippen MR) is 126 cm³/mol. The number of anilines is 5. The second-order valence-electron chi connectivity index (χ2n) is 7.25. The zero-order valence-electron chi connectivity index (χ0n) is 17.8. The molecule has 34 heavy (non-hydrogen) atoms. The Bertz CT molecular complexity index is 1110. The Labute approximate surface area is 197 Å². The van der Waals surface area contributed by atoms with Gasteiger partial charge in [0.05, 0.1) is 25.1 Å². The average molecular weight is 491 g/mol. The summed E-state index contributed by atoms with van der Waals surface area (Å²) in [7, 11) is 0. The van der Waals surface area contributed by atoms with Crippen LogP contribution in [0.15, 0.2) is 65.7 Å². The number of hydrogen-bond acceptors (Lipinski definition) is 7. The van der Waals surface area contributed by atoms with E-state index < -0.39 is 11.5 Å². The topological polar surface area (TPSA) is 91.4 Å². The highest BCUT2D eigenvalue weighted by Crippen LogP contribution is 2.37. The van der Waals surface area contributed by atoms with Gasteiger partial charge in [0.15, 0.2) is 5.82 Å². The molecule has 2 heterocycles. The number of ether oxygens (including phenoxy) is 1. The van der Waals surface area contributed by atoms with E-state index in [1.165, 1.54) is 24.3 Å². The van der Waals surface area contributed by atoms with E-state index in [9.17, 15) is 18.0 Å². The minimum atomic E-state index is -4.36. The van der Waals surface area contributed by atoms with Crippen LogP contribution < -0.4 is 20.9 Å². The Morgan fingerprint density at radius 1 is 0.941 bits per heavy atom. The number of nitrogens with one attached hydrogen (secondary N) is 3. The molecular formula is C22H21F3N6O2S. The third-order valence-electron chi connectivity index (χ3n) is 4.78. The lowest BCUT2D eigenvalue weighted by atomic mass is 10.2. The lowest BCUT2D eigenvalue weighted by molar-refractivity contribution is -0.0328. The van der Waals surface area contributed by atoms with Crippen LogP contribution in [0, 0.1) is 0 Å². The van der Waals surface area contributed by atoms with Gasteiger partial charge in [-0.3, -0.25) is 0 Å². The molecule has 0 radical (unpaired) electrons. The third kappa shape index (κ3) is 6.99. The van der Waals surface area contributed by atoms with Crippen LogP contribution in [-0.4, -0.2) is 48.0 Å². The summed E-state index contributed by atoms with van der Waals surface area (Å²) in [5.74, 6) is 0.592. The van der Waals surface area contributed by atoms with Crippen molar-refractivity contribution in [3.05, 3.63) is 60.8 Å². The molecule has 1 aromatic heterocycles. The minimum Gasteiger partial charge on any atom is -0.378 e. The van der Waals surface area contributed by atoms with Crippen molar-refractivity contribution in [3.8, 4) is 0 Å². The normalized spacial score (nSPS) is 13.9. The number of aromatic nitrogens is 2. The maximum atomic E-state index is 12.4. The number of carbonyl (C=O) groups excluding carboxylic acids is 1. The smallest absolute Gasteiger partial charge is 0.378 e. The number of benzene rings is 2. The van der Waals surface area contributed by atoms with Crippen molar-refractivity contribution < 1.29 is 22.7 Å². The number of thioether (sulfide) groups is 1. The van der Waals surface area contributed by atoms with Gasteiger partial charge in [0.25, 0.3) is 0 Å². The second kappa shape index (κ2) is 10.6. The number of rotatable bonds is 6. The lowest BCUT2D eigenvalue weighted by Gasteiger charge is -2.28. The molecule has 8 nitrogen and oxygen atoms in total. The van der Waals surface area contributed by atoms with Crippen molar-refractivity contribution in [2.24, 2.45) is 0 Å². The molecule has 0 unspecified atom stereocenters. The SMILES string of the molecule is O=C(Nc1ccc(Nc2cc(N3CCOCC3)cnn2)cc1)Nc1ccc(SC(F)(F)F)cc1. The molecular weight excluding hydrogens is 469 g/mol. The number of urea groups is 1. The van der Waals surface area contributed by atoms with Crippen molar-refractivity contribution in [1.29, 1.82) is 0 Å². The van der Waals surface area contributed by atoms with Gasteiger partial charge in [0, 0.05) is 41.1 Å². The maximum Gasteiger partial charge on any atom is 0.446 e. The molecule has 1 aliphatic heterocycles. The number of nitrogens with zero attached hydrogens (tertiary/aromatic N) is 3. The van der Waals surface area contributed by atoms with E-state index in [0.717, 1.165) is 24.5 Å². The fraction of sp³-hybridized carbons (Fsp3) is 0.227. The molecule has 4 rings (SSSR count). The first-order chi connectivity index (χ1) is 16.3. The van der Waals surface area contributed by atoms with E-state index in [2.05, 4.69) is 31.0 Å². The zero-order chi connectivity index (χ0) is 24.0. The Hall–Kier alpha value is -3.51. The summed E-state index contributed by atoms with van der Waals surface area (Å²) in [5, 5.41) is 16.6. The first-order valence-electron chi connectivity index (χ1n) is 10.3. The second-order valence-corrected chi connectivity index (χ2v) is 8.39. The standard InChI is InChI=1S/C22H21F3N6O2S/c23-22(24,25)34-19-7-5-17(6-8-19)29-21(32)28-16-3-1-15(2-4-16)27-20-13-18(14-26-30-20)31-9-11-33-12-10-31/h1-8,13-14H,9-12H2,(H,27,30)(H2,28,29,32). The van der Waals surface area contributed by atoms with E-state index >= 15 is 0 Å². The largest absolute Gasteiger partial charge is 0.446 e. The quantitative estimate of drug-likeness (QED) is 0.403. The predicted octanol–water partition coefficient (Wildman–Crippen LogP) is 5.31. The van der Waals surface area contributed by atoms with Gasteiger partial charge < -0.3 is 25.6 Å². The summed E-state index contributed by atoms with van der Waals surface area (Å²) in [6.07, 6.45) is 1.71. The molecule has 2 aromatic carbocycles. The van der Waals surface area contributed by atoms with E-state index in [0.29, 0.717) is 30.4 Å². The molecule has 12 heteroatoms. The number of morpholine rings is 1. The summed E-state index contributed by atoms with van der Waals surface area (Å²) in [6.45, 7) is 2.94. The van der Waals surface area contributed by atoms with E-state index in [1.54, 1.807) is 30.5 Å². The Morgan fingerprint density at radius 3 is 2.15 bits per heavy atom. The monoisotopic (exact) mass is 490 g/mol. The summed E-state index contributed by atoms with van der Waals surface area (Å²) in [6, 6.07) is 13.8. The summed E-state index contributed by atoms with van der Waals surface area (Å²) < 4.78 is 42.6. The minimum absolute atomic E-state index is 0.0433. The molecule has 3 N–H and O–H groups in total. The molecule has 0 bridgehead atoms. The summed E-state index contributed by atoms with van der Waals surface area (Å²) in [5.41, 5.74) is -1.72. The van der Waals surface area contributed by atoms with Gasteiger partial charge in [-0.2, -0.15) is 18.3 Å². The van der Waals surface area contributed by atoms with Crippen LogP contribution in [0.5, 0.6) is 0 Å². The van der Waals surface area contributed by atoms with Gasteiger partial charge in [-0.1, -0.05) is 0 Å². The van der Waals surface area contributed by atoms with Gasteiger partial charge in [0.1, 0.15) is 0 Å². The van der Waals surface area contributed by atoms with Crippen LogP contribution in [0.1, 0.15) is 0 Å². The van der Waals surface area contributed by atoms with Crippen LogP contribution in [0.4, 0.5) is 46.5 Å². The maximum absolute atomic E-state index is 12.4. The Morgan fingerprint density at radius 2 is 1.53 bits per heavy atom. The first-order valence-corrected chi connectivity index (χ1v) is 11.1. The molecule has 1 saturated heterocycles. The molecule has 178 valence electrons. The van der Waals surface area contributed by atoms with Crippen LogP contribution in [0.2, 0.25) is 0 Å². The van der Waals surface area contributed by atoms with Crippen LogP contribution in [-0.2, 0) is 4.74 Å². The van der Waals surface area contributed by atoms with Crippen molar-refractivity contribution in [1.82, 2.24) is 10.2 Å². The van der Waals surface area contributed by atoms with E-state index in [1.807, 2.05) is 6.07 Å². The fourth-order valence-corrected chi connectivity index (χ4v) is 3.77. The highest BCUT2D eigenvalue weighted by atomic mass is 32.2. The van der Waals surface area contributed by atoms with Crippen LogP contribution in [0.25, 0.3) is 0 Å². The number of alkyl halides is 3. The number of halogens is 3. The zero-order valence-corrected chi connectivity index (χ0v) is 18.6. The Kier molecular flexibility index (Phi) is 7.38. The van der Waals surface area contributed by atoms with Crippen LogP contribution >= 0.6 is 11.8 Å². The number of amides is 2. The molecule has 1 fully saturated rings. The number of carbonyl (C=O) groups is 1. The molecule has 0 atom stereocenters. The molecule has 1 aliphatic rings. The van der Waals surface area contributed by atoms with Crippen molar-refractivity contribution in [2.45, 2.75) is 10.4 Å². The highest BCUT2D eigenvalue weighted by molar-refractivity contribution is 8.00. The summed E-state index contributed by atoms with van der Waals surface area (Å²) >= 11 is -0.209. The molecule has 0 aliphatic carbocycles. The van der Waals surface area contributed by atoms with Gasteiger partial charge >= 0.3 is 11.5 Å². The molecule has 3 aromatic rings. The Balaban J connectivity index is 1.30. The highest BCUT2D eigenvalue weighted by Gasteiger charge is 2.29.